The molecule has 4 N–H and O–H groups in total. The van der Waals surface area contributed by atoms with Gasteiger partial charge in [-0.2, -0.15) is 0 Å². The van der Waals surface area contributed by atoms with E-state index in [9.17, 15) is 23.8 Å². The molecule has 0 bridgehead atoms. The van der Waals surface area contributed by atoms with Crippen molar-refractivity contribution in [2.75, 3.05) is 19.8 Å². The second-order valence-corrected chi connectivity index (χ2v) is 13.8. The number of phosphoric ester groups is 1. The zero-order valence-corrected chi connectivity index (χ0v) is 31.6. The van der Waals surface area contributed by atoms with Crippen LogP contribution in [0.3, 0.4) is 0 Å². The molecule has 3 atom stereocenters. The Labute approximate surface area is 301 Å². The van der Waals surface area contributed by atoms with Gasteiger partial charge >= 0.3 is 25.7 Å². The lowest BCUT2D eigenvalue weighted by Gasteiger charge is -2.20. The molecule has 0 saturated heterocycles. The average Bonchev–Trinajstić information content (AvgIpc) is 3.09. The highest BCUT2D eigenvalue weighted by molar-refractivity contribution is 7.47. The van der Waals surface area contributed by atoms with E-state index in [0.717, 1.165) is 89.9 Å². The van der Waals surface area contributed by atoms with Crippen molar-refractivity contribution in [2.45, 2.75) is 154 Å². The Morgan fingerprint density at radius 1 is 0.640 bits per heavy atom. The summed E-state index contributed by atoms with van der Waals surface area (Å²) in [5.74, 6) is -2.42. The SMILES string of the molecule is CC/C=C/C/C=C/C/C=C/CCCCCCCC(=O)OC[C@H](COP(=O)(O)OC[C@H](N)C(=O)O)OC(=O)CCCCCCC/C=C/CCCC. The minimum atomic E-state index is -4.71. The molecule has 0 aliphatic heterocycles. The summed E-state index contributed by atoms with van der Waals surface area (Å²) in [5, 5.41) is 8.85. The van der Waals surface area contributed by atoms with E-state index in [1.165, 1.54) is 12.8 Å². The number of aliphatic carboxylic acids is 1. The third-order valence-electron chi connectivity index (χ3n) is 7.56. The van der Waals surface area contributed by atoms with E-state index in [1.54, 1.807) is 0 Å². The second kappa shape index (κ2) is 33.6. The molecule has 11 nitrogen and oxygen atoms in total. The van der Waals surface area contributed by atoms with Gasteiger partial charge in [-0.25, -0.2) is 4.57 Å². The summed E-state index contributed by atoms with van der Waals surface area (Å²) < 4.78 is 32.5. The Balaban J connectivity index is 4.48. The number of rotatable bonds is 34. The molecule has 0 amide bonds. The van der Waals surface area contributed by atoms with Gasteiger partial charge in [0, 0.05) is 12.8 Å². The maximum absolute atomic E-state index is 12.5. The standard InChI is InChI=1S/C38H66NO10P/c1-3-5-7-9-11-13-15-16-17-18-20-21-23-25-27-29-36(40)46-31-34(32-47-50(44,45)48-33-35(39)38(42)43)49-37(41)30-28-26-24-22-19-14-12-10-8-6-4-2/h5,7,10-13,16-17,34-35H,3-4,6,8-9,14-15,18-33,39H2,1-2H3,(H,42,43)(H,44,45)/b7-5+,12-10+,13-11+,17-16+/t34-,35+/m1/s1. The second-order valence-electron chi connectivity index (χ2n) is 12.3. The highest BCUT2D eigenvalue weighted by atomic mass is 31.2. The summed E-state index contributed by atoms with van der Waals surface area (Å²) in [6.07, 6.45) is 34.7. The molecular weight excluding hydrogens is 661 g/mol. The molecule has 288 valence electrons. The van der Waals surface area contributed by atoms with Crippen LogP contribution in [-0.4, -0.2) is 59.9 Å². The zero-order chi connectivity index (χ0) is 37.1. The number of esters is 2. The lowest BCUT2D eigenvalue weighted by atomic mass is 10.1. The van der Waals surface area contributed by atoms with Gasteiger partial charge in [-0.15, -0.1) is 0 Å². The lowest BCUT2D eigenvalue weighted by molar-refractivity contribution is -0.161. The Kier molecular flexibility index (Phi) is 31.9. The maximum atomic E-state index is 12.5. The van der Waals surface area contributed by atoms with Gasteiger partial charge < -0.3 is 25.2 Å². The van der Waals surface area contributed by atoms with Crippen LogP contribution in [-0.2, 0) is 37.5 Å². The van der Waals surface area contributed by atoms with Crippen LogP contribution < -0.4 is 5.73 Å². The number of hydrogen-bond donors (Lipinski definition) is 3. The van der Waals surface area contributed by atoms with E-state index in [2.05, 4.69) is 67.0 Å². The summed E-state index contributed by atoms with van der Waals surface area (Å²) in [5.41, 5.74) is 5.31. The van der Waals surface area contributed by atoms with Gasteiger partial charge in [-0.1, -0.05) is 114 Å². The largest absolute Gasteiger partial charge is 0.480 e. The van der Waals surface area contributed by atoms with Crippen LogP contribution >= 0.6 is 7.82 Å². The van der Waals surface area contributed by atoms with Crippen molar-refractivity contribution in [1.82, 2.24) is 0 Å². The van der Waals surface area contributed by atoms with Gasteiger partial charge in [-0.3, -0.25) is 23.4 Å². The first-order chi connectivity index (χ1) is 24.1. The van der Waals surface area contributed by atoms with Crippen LogP contribution in [0.5, 0.6) is 0 Å². The van der Waals surface area contributed by atoms with Crippen LogP contribution in [0.4, 0.5) is 0 Å². The number of nitrogens with two attached hydrogens (primary N) is 1. The molecule has 0 aromatic carbocycles. The number of ether oxygens (including phenoxy) is 2. The summed E-state index contributed by atoms with van der Waals surface area (Å²) in [4.78, 5) is 45.7. The van der Waals surface area contributed by atoms with Crippen molar-refractivity contribution < 1.29 is 47.5 Å². The van der Waals surface area contributed by atoms with Crippen LogP contribution in [0.2, 0.25) is 0 Å². The first-order valence-electron chi connectivity index (χ1n) is 18.7. The summed E-state index contributed by atoms with van der Waals surface area (Å²) in [7, 11) is -4.71. The highest BCUT2D eigenvalue weighted by Gasteiger charge is 2.28. The molecule has 0 saturated carbocycles. The van der Waals surface area contributed by atoms with E-state index < -0.39 is 51.1 Å². The third-order valence-corrected chi connectivity index (χ3v) is 8.51. The molecular formula is C38H66NO10P. The molecule has 0 radical (unpaired) electrons. The molecule has 0 aromatic heterocycles. The number of carboxylic acid groups (broad SMARTS) is 1. The molecule has 0 fully saturated rings. The number of unbranched alkanes of at least 4 members (excludes halogenated alkanes) is 12. The fourth-order valence-electron chi connectivity index (χ4n) is 4.59. The summed E-state index contributed by atoms with van der Waals surface area (Å²) in [6.45, 7) is 2.59. The van der Waals surface area contributed by atoms with Crippen molar-refractivity contribution in [3.8, 4) is 0 Å². The fraction of sp³-hybridized carbons (Fsp3) is 0.711. The van der Waals surface area contributed by atoms with Crippen LogP contribution in [0.25, 0.3) is 0 Å². The monoisotopic (exact) mass is 727 g/mol. The predicted octanol–water partition coefficient (Wildman–Crippen LogP) is 9.05. The van der Waals surface area contributed by atoms with Gasteiger partial charge in [0.2, 0.25) is 0 Å². The Bertz CT molecular complexity index is 1040. The molecule has 0 aliphatic carbocycles. The molecule has 12 heteroatoms. The zero-order valence-electron chi connectivity index (χ0n) is 30.7. The Morgan fingerprint density at radius 3 is 1.70 bits per heavy atom. The van der Waals surface area contributed by atoms with Gasteiger partial charge in [0.05, 0.1) is 13.2 Å². The molecule has 0 heterocycles. The van der Waals surface area contributed by atoms with Gasteiger partial charge in [0.15, 0.2) is 6.10 Å². The summed E-state index contributed by atoms with van der Waals surface area (Å²) in [6, 6.07) is -1.52. The quantitative estimate of drug-likeness (QED) is 0.0250. The number of carbonyl (C=O) groups excluding carboxylic acids is 2. The molecule has 0 spiro atoms. The molecule has 0 aliphatic rings. The Morgan fingerprint density at radius 2 is 1.12 bits per heavy atom. The highest BCUT2D eigenvalue weighted by Crippen LogP contribution is 2.43. The van der Waals surface area contributed by atoms with Gasteiger partial charge in [0.1, 0.15) is 12.6 Å². The van der Waals surface area contributed by atoms with Crippen LogP contribution in [0.15, 0.2) is 48.6 Å². The maximum Gasteiger partial charge on any atom is 0.472 e. The van der Waals surface area contributed by atoms with E-state index in [0.29, 0.717) is 12.8 Å². The van der Waals surface area contributed by atoms with E-state index >= 15 is 0 Å². The van der Waals surface area contributed by atoms with Gasteiger partial charge in [-0.05, 0) is 64.2 Å². The lowest BCUT2D eigenvalue weighted by Crippen LogP contribution is -2.34. The number of carboxylic acids is 1. The normalized spacial score (nSPS) is 14.5. The van der Waals surface area contributed by atoms with Crippen molar-refractivity contribution in [1.29, 1.82) is 0 Å². The number of carbonyl (C=O) groups is 3. The minimum absolute atomic E-state index is 0.145. The number of allylic oxidation sites excluding steroid dienone is 8. The molecule has 0 aromatic rings. The predicted molar refractivity (Wildman–Crippen MR) is 198 cm³/mol. The van der Waals surface area contributed by atoms with E-state index in [-0.39, 0.29) is 19.4 Å². The molecule has 1 unspecified atom stereocenters. The first-order valence-corrected chi connectivity index (χ1v) is 20.2. The summed E-state index contributed by atoms with van der Waals surface area (Å²) >= 11 is 0. The average molecular weight is 728 g/mol. The minimum Gasteiger partial charge on any atom is -0.480 e. The van der Waals surface area contributed by atoms with Crippen molar-refractivity contribution in [2.24, 2.45) is 5.73 Å². The molecule has 0 rings (SSSR count). The number of hydrogen-bond acceptors (Lipinski definition) is 9. The topological polar surface area (TPSA) is 172 Å². The molecule has 50 heavy (non-hydrogen) atoms. The van der Waals surface area contributed by atoms with Crippen LogP contribution in [0, 0.1) is 0 Å². The Hall–Kier alpha value is -2.56. The first kappa shape index (κ1) is 47.4. The van der Waals surface area contributed by atoms with Crippen LogP contribution in [0.1, 0.15) is 142 Å². The number of phosphoric acid groups is 1. The third kappa shape index (κ3) is 32.6. The van der Waals surface area contributed by atoms with Crippen molar-refractivity contribution in [3.63, 3.8) is 0 Å². The van der Waals surface area contributed by atoms with E-state index in [4.69, 9.17) is 24.8 Å². The van der Waals surface area contributed by atoms with E-state index in [1.807, 2.05) is 0 Å². The fourth-order valence-corrected chi connectivity index (χ4v) is 5.37. The van der Waals surface area contributed by atoms with Crippen molar-refractivity contribution in [3.05, 3.63) is 48.6 Å². The van der Waals surface area contributed by atoms with Gasteiger partial charge in [0.25, 0.3) is 0 Å². The smallest absolute Gasteiger partial charge is 0.472 e. The van der Waals surface area contributed by atoms with Crippen molar-refractivity contribution >= 4 is 25.7 Å².